The molecule has 4 aromatic rings. The summed E-state index contributed by atoms with van der Waals surface area (Å²) in [5.41, 5.74) is 7.24. The minimum atomic E-state index is -0.548. The summed E-state index contributed by atoms with van der Waals surface area (Å²) in [6, 6.07) is 14.3. The zero-order chi connectivity index (χ0) is 21.5. The van der Waals surface area contributed by atoms with Gasteiger partial charge in [0.1, 0.15) is 12.7 Å². The van der Waals surface area contributed by atoms with E-state index in [9.17, 15) is 4.79 Å². The Morgan fingerprint density at radius 3 is 2.77 bits per heavy atom. The topological polar surface area (TPSA) is 108 Å². The Labute approximate surface area is 179 Å². The molecule has 8 heteroatoms. The Hall–Kier alpha value is -3.75. The number of amides is 1. The highest BCUT2D eigenvalue weighted by Gasteiger charge is 2.06. The Morgan fingerprint density at radius 2 is 2.00 bits per heavy atom. The predicted octanol–water partition coefficient (Wildman–Crippen LogP) is 2.66. The first-order chi connectivity index (χ1) is 15.2. The number of carbonyl (C=O) groups excluding carboxylic acids is 1. The SMILES string of the molecule is O=C(C=Cc1ccc(CNCCc2c[nH]c3ccc(Cn4cncn4)cc23)cc1)NO. The highest BCUT2D eigenvalue weighted by atomic mass is 16.5. The molecule has 0 unspecified atom stereocenters. The average molecular weight is 416 g/mol. The number of hydrogen-bond donors (Lipinski definition) is 4. The fraction of sp³-hybridized carbons (Fsp3) is 0.174. The number of rotatable bonds is 9. The van der Waals surface area contributed by atoms with Gasteiger partial charge in [0.25, 0.3) is 5.91 Å². The van der Waals surface area contributed by atoms with Crippen LogP contribution in [0.25, 0.3) is 17.0 Å². The Balaban J connectivity index is 1.30. The molecule has 0 atom stereocenters. The largest absolute Gasteiger partial charge is 0.361 e. The number of aromatic amines is 1. The monoisotopic (exact) mass is 416 g/mol. The summed E-state index contributed by atoms with van der Waals surface area (Å²) in [5, 5.41) is 17.4. The predicted molar refractivity (Wildman–Crippen MR) is 118 cm³/mol. The van der Waals surface area contributed by atoms with E-state index in [-0.39, 0.29) is 0 Å². The van der Waals surface area contributed by atoms with Crippen molar-refractivity contribution < 1.29 is 10.0 Å². The third-order valence-electron chi connectivity index (χ3n) is 5.06. The maximum absolute atomic E-state index is 11.0. The Bertz CT molecular complexity index is 1160. The molecule has 2 aromatic carbocycles. The lowest BCUT2D eigenvalue weighted by atomic mass is 10.1. The first-order valence-corrected chi connectivity index (χ1v) is 10.0. The van der Waals surface area contributed by atoms with Crippen LogP contribution in [-0.4, -0.2) is 37.4 Å². The normalized spacial score (nSPS) is 11.4. The van der Waals surface area contributed by atoms with Crippen molar-refractivity contribution in [1.82, 2.24) is 30.5 Å². The standard InChI is InChI=1S/C23H24N6O2/c30-23(28-31)8-6-17-1-3-18(4-2-17)12-24-10-9-20-13-26-22-7-5-19(11-21(20)22)14-29-16-25-15-27-29/h1-8,11,13,15-16,24,26,31H,9-10,12,14H2,(H,28,30). The van der Waals surface area contributed by atoms with E-state index in [4.69, 9.17) is 5.21 Å². The summed E-state index contributed by atoms with van der Waals surface area (Å²) < 4.78 is 1.82. The molecule has 1 amide bonds. The van der Waals surface area contributed by atoms with E-state index >= 15 is 0 Å². The van der Waals surface area contributed by atoms with Crippen LogP contribution >= 0.6 is 0 Å². The zero-order valence-electron chi connectivity index (χ0n) is 17.0. The van der Waals surface area contributed by atoms with E-state index < -0.39 is 5.91 Å². The highest BCUT2D eigenvalue weighted by molar-refractivity contribution is 5.90. The fourth-order valence-corrected chi connectivity index (χ4v) is 3.44. The molecule has 0 aliphatic heterocycles. The summed E-state index contributed by atoms with van der Waals surface area (Å²) in [7, 11) is 0. The molecule has 2 heterocycles. The van der Waals surface area contributed by atoms with Crippen molar-refractivity contribution in [2.75, 3.05) is 6.54 Å². The van der Waals surface area contributed by atoms with Crippen LogP contribution < -0.4 is 10.8 Å². The molecule has 0 saturated carbocycles. The molecule has 4 rings (SSSR count). The van der Waals surface area contributed by atoms with Gasteiger partial charge in [0.05, 0.1) is 6.54 Å². The van der Waals surface area contributed by atoms with Crippen LogP contribution in [0.1, 0.15) is 22.3 Å². The van der Waals surface area contributed by atoms with Gasteiger partial charge in [-0.05, 0) is 53.4 Å². The van der Waals surface area contributed by atoms with Gasteiger partial charge in [-0.1, -0.05) is 30.3 Å². The van der Waals surface area contributed by atoms with Gasteiger partial charge in [-0.2, -0.15) is 5.10 Å². The summed E-state index contributed by atoms with van der Waals surface area (Å²) in [5.74, 6) is -0.548. The molecular formula is C23H24N6O2. The second kappa shape index (κ2) is 9.84. The van der Waals surface area contributed by atoms with E-state index in [1.807, 2.05) is 28.9 Å². The average Bonchev–Trinajstić information content (AvgIpc) is 3.45. The van der Waals surface area contributed by atoms with E-state index in [1.54, 1.807) is 24.2 Å². The van der Waals surface area contributed by atoms with Gasteiger partial charge in [-0.25, -0.2) is 15.1 Å². The van der Waals surface area contributed by atoms with Crippen LogP contribution in [0.2, 0.25) is 0 Å². The number of benzene rings is 2. The van der Waals surface area contributed by atoms with E-state index in [0.29, 0.717) is 6.54 Å². The number of nitrogens with zero attached hydrogens (tertiary/aromatic N) is 3. The summed E-state index contributed by atoms with van der Waals surface area (Å²) in [6.45, 7) is 2.33. The van der Waals surface area contributed by atoms with Gasteiger partial charge >= 0.3 is 0 Å². The van der Waals surface area contributed by atoms with Crippen LogP contribution in [0, 0.1) is 0 Å². The fourth-order valence-electron chi connectivity index (χ4n) is 3.44. The van der Waals surface area contributed by atoms with Crippen molar-refractivity contribution in [3.63, 3.8) is 0 Å². The maximum Gasteiger partial charge on any atom is 0.267 e. The minimum absolute atomic E-state index is 0.548. The van der Waals surface area contributed by atoms with Crippen molar-refractivity contribution in [2.45, 2.75) is 19.5 Å². The van der Waals surface area contributed by atoms with E-state index in [1.165, 1.54) is 22.6 Å². The van der Waals surface area contributed by atoms with Crippen molar-refractivity contribution in [3.8, 4) is 0 Å². The molecule has 0 aliphatic carbocycles. The summed E-state index contributed by atoms with van der Waals surface area (Å²) in [6.07, 6.45) is 9.20. The smallest absolute Gasteiger partial charge is 0.267 e. The number of hydroxylamine groups is 1. The Morgan fingerprint density at radius 1 is 1.16 bits per heavy atom. The molecule has 31 heavy (non-hydrogen) atoms. The number of fused-ring (bicyclic) bond motifs is 1. The van der Waals surface area contributed by atoms with Crippen LogP contribution in [-0.2, 0) is 24.3 Å². The van der Waals surface area contributed by atoms with E-state index in [2.05, 4.69) is 44.8 Å². The third-order valence-corrected chi connectivity index (χ3v) is 5.06. The summed E-state index contributed by atoms with van der Waals surface area (Å²) in [4.78, 5) is 18.4. The maximum atomic E-state index is 11.0. The molecular weight excluding hydrogens is 392 g/mol. The number of carbonyl (C=O) groups is 1. The highest BCUT2D eigenvalue weighted by Crippen LogP contribution is 2.20. The lowest BCUT2D eigenvalue weighted by molar-refractivity contribution is -0.124. The van der Waals surface area contributed by atoms with Crippen molar-refractivity contribution in [3.05, 3.63) is 89.6 Å². The molecule has 0 aliphatic rings. The van der Waals surface area contributed by atoms with Gasteiger partial charge in [0.2, 0.25) is 0 Å². The van der Waals surface area contributed by atoms with Gasteiger partial charge in [-0.3, -0.25) is 10.0 Å². The first-order valence-electron chi connectivity index (χ1n) is 10.0. The zero-order valence-corrected chi connectivity index (χ0v) is 17.0. The van der Waals surface area contributed by atoms with Gasteiger partial charge in [-0.15, -0.1) is 0 Å². The second-order valence-corrected chi connectivity index (χ2v) is 7.26. The van der Waals surface area contributed by atoms with Crippen LogP contribution in [0.3, 0.4) is 0 Å². The number of H-pyrrole nitrogens is 1. The lowest BCUT2D eigenvalue weighted by Crippen LogP contribution is -2.16. The van der Waals surface area contributed by atoms with Crippen LogP contribution in [0.5, 0.6) is 0 Å². The molecule has 0 fully saturated rings. The van der Waals surface area contributed by atoms with Crippen LogP contribution in [0.4, 0.5) is 0 Å². The third kappa shape index (κ3) is 5.44. The van der Waals surface area contributed by atoms with Crippen molar-refractivity contribution >= 4 is 22.9 Å². The van der Waals surface area contributed by atoms with Crippen LogP contribution in [0.15, 0.2) is 67.4 Å². The minimum Gasteiger partial charge on any atom is -0.361 e. The molecule has 0 bridgehead atoms. The number of aromatic nitrogens is 4. The second-order valence-electron chi connectivity index (χ2n) is 7.26. The van der Waals surface area contributed by atoms with E-state index in [0.717, 1.165) is 36.2 Å². The van der Waals surface area contributed by atoms with Crippen molar-refractivity contribution in [1.29, 1.82) is 0 Å². The summed E-state index contributed by atoms with van der Waals surface area (Å²) >= 11 is 0. The molecule has 0 radical (unpaired) electrons. The molecule has 0 saturated heterocycles. The molecule has 0 spiro atoms. The number of nitrogens with one attached hydrogen (secondary N) is 3. The lowest BCUT2D eigenvalue weighted by Gasteiger charge is -2.06. The van der Waals surface area contributed by atoms with Gasteiger partial charge in [0.15, 0.2) is 0 Å². The molecule has 8 nitrogen and oxygen atoms in total. The van der Waals surface area contributed by atoms with Gasteiger partial charge < -0.3 is 10.3 Å². The quantitative estimate of drug-likeness (QED) is 0.145. The molecule has 158 valence electrons. The van der Waals surface area contributed by atoms with Gasteiger partial charge in [0, 0.05) is 29.7 Å². The number of hydrogen-bond acceptors (Lipinski definition) is 5. The van der Waals surface area contributed by atoms with Crippen molar-refractivity contribution in [2.24, 2.45) is 0 Å². The Kier molecular flexibility index (Phi) is 6.51. The molecule has 2 aromatic heterocycles. The molecule has 4 N–H and O–H groups in total. The first kappa shape index (κ1) is 20.5.